The summed E-state index contributed by atoms with van der Waals surface area (Å²) in [5.74, 6) is -0.526. The molecule has 7 nitrogen and oxygen atoms in total. The number of nitrogens with one attached hydrogen (secondary N) is 1. The molecule has 1 aromatic heterocycles. The van der Waals surface area contributed by atoms with E-state index in [9.17, 15) is 14.4 Å². The van der Waals surface area contributed by atoms with Crippen LogP contribution in [0.2, 0.25) is 0 Å². The van der Waals surface area contributed by atoms with Gasteiger partial charge in [0, 0.05) is 28.1 Å². The van der Waals surface area contributed by atoms with Gasteiger partial charge in [0.25, 0.3) is 0 Å². The number of methoxy groups -OCH3 is 1. The summed E-state index contributed by atoms with van der Waals surface area (Å²) in [6.45, 7) is 3.19. The SMILES string of the molecule is COc1ccc(-c2nc(C(=O)OCC(=O)c3ccc(NC(=O)C(C)C)cc3)cs2)cc1. The van der Waals surface area contributed by atoms with E-state index in [0.29, 0.717) is 16.3 Å². The van der Waals surface area contributed by atoms with Crippen LogP contribution in [0.3, 0.4) is 0 Å². The molecule has 0 radical (unpaired) electrons. The molecule has 0 spiro atoms. The van der Waals surface area contributed by atoms with Crippen LogP contribution in [-0.2, 0) is 9.53 Å². The average molecular weight is 439 g/mol. The third-order valence-electron chi connectivity index (χ3n) is 4.38. The van der Waals surface area contributed by atoms with E-state index in [2.05, 4.69) is 10.3 Å². The largest absolute Gasteiger partial charge is 0.497 e. The molecule has 31 heavy (non-hydrogen) atoms. The van der Waals surface area contributed by atoms with Crippen LogP contribution in [0, 0.1) is 5.92 Å². The minimum absolute atomic E-state index is 0.106. The first kappa shape index (κ1) is 22.2. The van der Waals surface area contributed by atoms with E-state index in [4.69, 9.17) is 9.47 Å². The summed E-state index contributed by atoms with van der Waals surface area (Å²) in [7, 11) is 1.59. The molecule has 1 amide bonds. The Balaban J connectivity index is 1.56. The fraction of sp³-hybridized carbons (Fsp3) is 0.217. The quantitative estimate of drug-likeness (QED) is 0.412. The van der Waals surface area contributed by atoms with Crippen molar-refractivity contribution in [1.29, 1.82) is 0 Å². The maximum atomic E-state index is 12.3. The first-order chi connectivity index (χ1) is 14.9. The number of thiazole rings is 1. The number of anilines is 1. The van der Waals surface area contributed by atoms with Gasteiger partial charge in [-0.3, -0.25) is 9.59 Å². The zero-order valence-electron chi connectivity index (χ0n) is 17.4. The number of nitrogens with zero attached hydrogens (tertiary/aromatic N) is 1. The van der Waals surface area contributed by atoms with Crippen LogP contribution in [0.4, 0.5) is 5.69 Å². The van der Waals surface area contributed by atoms with Crippen molar-refractivity contribution >= 4 is 34.7 Å². The summed E-state index contributed by atoms with van der Waals surface area (Å²) >= 11 is 1.31. The Morgan fingerprint density at radius 2 is 1.71 bits per heavy atom. The second kappa shape index (κ2) is 9.99. The summed E-state index contributed by atoms with van der Waals surface area (Å²) in [6.07, 6.45) is 0. The van der Waals surface area contributed by atoms with Crippen LogP contribution >= 0.6 is 11.3 Å². The fourth-order valence-corrected chi connectivity index (χ4v) is 3.34. The van der Waals surface area contributed by atoms with Gasteiger partial charge < -0.3 is 14.8 Å². The van der Waals surface area contributed by atoms with Crippen LogP contribution in [0.5, 0.6) is 5.75 Å². The van der Waals surface area contributed by atoms with Gasteiger partial charge in [-0.2, -0.15) is 0 Å². The van der Waals surface area contributed by atoms with E-state index in [1.54, 1.807) is 50.6 Å². The Kier molecular flexibility index (Phi) is 7.15. The zero-order valence-corrected chi connectivity index (χ0v) is 18.2. The second-order valence-electron chi connectivity index (χ2n) is 6.99. The highest BCUT2D eigenvalue weighted by molar-refractivity contribution is 7.13. The lowest BCUT2D eigenvalue weighted by Gasteiger charge is -2.08. The molecule has 0 aliphatic heterocycles. The molecule has 2 aromatic carbocycles. The van der Waals surface area contributed by atoms with Gasteiger partial charge in [-0.1, -0.05) is 13.8 Å². The zero-order chi connectivity index (χ0) is 22.4. The normalized spacial score (nSPS) is 10.6. The summed E-state index contributed by atoms with van der Waals surface area (Å²) in [5.41, 5.74) is 1.98. The maximum absolute atomic E-state index is 12.3. The minimum Gasteiger partial charge on any atom is -0.497 e. The van der Waals surface area contributed by atoms with E-state index in [1.807, 2.05) is 24.3 Å². The molecule has 8 heteroatoms. The van der Waals surface area contributed by atoms with Gasteiger partial charge in [-0.15, -0.1) is 11.3 Å². The molecule has 0 saturated heterocycles. The van der Waals surface area contributed by atoms with Crippen molar-refractivity contribution in [1.82, 2.24) is 4.98 Å². The molecule has 0 atom stereocenters. The van der Waals surface area contributed by atoms with Gasteiger partial charge in [0.15, 0.2) is 18.1 Å². The lowest BCUT2D eigenvalue weighted by Crippen LogP contribution is -2.18. The van der Waals surface area contributed by atoms with Gasteiger partial charge in [-0.05, 0) is 48.5 Å². The van der Waals surface area contributed by atoms with Crippen molar-refractivity contribution in [3.63, 3.8) is 0 Å². The summed E-state index contributed by atoms with van der Waals surface area (Å²) in [6, 6.07) is 13.8. The first-order valence-electron chi connectivity index (χ1n) is 9.58. The van der Waals surface area contributed by atoms with Crippen LogP contribution in [-0.4, -0.2) is 36.4 Å². The lowest BCUT2D eigenvalue weighted by molar-refractivity contribution is -0.118. The van der Waals surface area contributed by atoms with E-state index in [1.165, 1.54) is 11.3 Å². The Labute approximate surface area is 184 Å². The van der Waals surface area contributed by atoms with E-state index >= 15 is 0 Å². The number of rotatable bonds is 8. The van der Waals surface area contributed by atoms with Crippen molar-refractivity contribution in [3.05, 3.63) is 65.2 Å². The molecule has 0 fully saturated rings. The second-order valence-corrected chi connectivity index (χ2v) is 7.85. The lowest BCUT2D eigenvalue weighted by atomic mass is 10.1. The number of Topliss-reactive ketones (excluding diaryl/α,β-unsaturated/α-hetero) is 1. The van der Waals surface area contributed by atoms with Crippen molar-refractivity contribution in [2.75, 3.05) is 19.0 Å². The average Bonchev–Trinajstić information content (AvgIpc) is 3.28. The van der Waals surface area contributed by atoms with Crippen LogP contribution < -0.4 is 10.1 Å². The van der Waals surface area contributed by atoms with Gasteiger partial charge >= 0.3 is 5.97 Å². The molecule has 1 heterocycles. The molecule has 0 aliphatic carbocycles. The molecule has 0 aliphatic rings. The number of hydrogen-bond donors (Lipinski definition) is 1. The van der Waals surface area contributed by atoms with Crippen LogP contribution in [0.1, 0.15) is 34.7 Å². The number of carbonyl (C=O) groups is 3. The monoisotopic (exact) mass is 438 g/mol. The van der Waals surface area contributed by atoms with E-state index < -0.39 is 12.6 Å². The summed E-state index contributed by atoms with van der Waals surface area (Å²) < 4.78 is 10.3. The number of aromatic nitrogens is 1. The third kappa shape index (κ3) is 5.76. The number of ether oxygens (including phenoxy) is 2. The molecular weight excluding hydrogens is 416 g/mol. The van der Waals surface area contributed by atoms with E-state index in [-0.39, 0.29) is 23.3 Å². The van der Waals surface area contributed by atoms with Crippen LogP contribution in [0.25, 0.3) is 10.6 Å². The van der Waals surface area contributed by atoms with Gasteiger partial charge in [0.1, 0.15) is 10.8 Å². The predicted octanol–water partition coefficient (Wildman–Crippen LogP) is 4.45. The Bertz CT molecular complexity index is 1070. The fourth-order valence-electron chi connectivity index (χ4n) is 2.55. The molecule has 0 unspecified atom stereocenters. The number of hydrogen-bond acceptors (Lipinski definition) is 7. The Morgan fingerprint density at radius 3 is 2.32 bits per heavy atom. The number of benzene rings is 2. The summed E-state index contributed by atoms with van der Waals surface area (Å²) in [5, 5.41) is 5.01. The van der Waals surface area contributed by atoms with E-state index in [0.717, 1.165) is 11.3 Å². The van der Waals surface area contributed by atoms with Crippen LogP contribution in [0.15, 0.2) is 53.9 Å². The molecule has 0 bridgehead atoms. The van der Waals surface area contributed by atoms with Crippen molar-refractivity contribution in [2.24, 2.45) is 5.92 Å². The van der Waals surface area contributed by atoms with Gasteiger partial charge in [-0.25, -0.2) is 9.78 Å². The standard InChI is InChI=1S/C23H22N2O5S/c1-14(2)21(27)24-17-8-4-15(5-9-17)20(26)12-30-23(28)19-13-31-22(25-19)16-6-10-18(29-3)11-7-16/h4-11,13-14H,12H2,1-3H3,(H,24,27). The number of esters is 1. The molecule has 1 N–H and O–H groups in total. The van der Waals surface area contributed by atoms with Gasteiger partial charge in [0.05, 0.1) is 7.11 Å². The van der Waals surface area contributed by atoms with Crippen molar-refractivity contribution in [3.8, 4) is 16.3 Å². The predicted molar refractivity (Wildman–Crippen MR) is 119 cm³/mol. The topological polar surface area (TPSA) is 94.6 Å². The highest BCUT2D eigenvalue weighted by atomic mass is 32.1. The third-order valence-corrected chi connectivity index (χ3v) is 5.27. The molecular formula is C23H22N2O5S. The van der Waals surface area contributed by atoms with Gasteiger partial charge in [0.2, 0.25) is 5.91 Å². The first-order valence-corrected chi connectivity index (χ1v) is 10.5. The molecule has 0 saturated carbocycles. The minimum atomic E-state index is -0.662. The van der Waals surface area contributed by atoms with Crippen molar-refractivity contribution < 1.29 is 23.9 Å². The maximum Gasteiger partial charge on any atom is 0.358 e. The Hall–Kier alpha value is -3.52. The van der Waals surface area contributed by atoms with Crippen molar-refractivity contribution in [2.45, 2.75) is 13.8 Å². The molecule has 3 rings (SSSR count). The Morgan fingerprint density at radius 1 is 1.03 bits per heavy atom. The number of ketones is 1. The number of carbonyl (C=O) groups excluding carboxylic acids is 3. The highest BCUT2D eigenvalue weighted by Crippen LogP contribution is 2.26. The smallest absolute Gasteiger partial charge is 0.358 e. The molecule has 160 valence electrons. The number of amides is 1. The summed E-state index contributed by atoms with van der Waals surface area (Å²) in [4.78, 5) is 40.6. The molecule has 3 aromatic rings. The highest BCUT2D eigenvalue weighted by Gasteiger charge is 2.16.